The van der Waals surface area contributed by atoms with Gasteiger partial charge in [0.25, 0.3) is 0 Å². The van der Waals surface area contributed by atoms with E-state index in [9.17, 15) is 4.79 Å². The largest absolute Gasteiger partial charge is 0.497 e. The number of ether oxygens (including phenoxy) is 1. The van der Waals surface area contributed by atoms with Crippen molar-refractivity contribution in [2.75, 3.05) is 69.3 Å². The van der Waals surface area contributed by atoms with Crippen LogP contribution >= 0.6 is 0 Å². The van der Waals surface area contributed by atoms with Gasteiger partial charge in [0.1, 0.15) is 11.6 Å². The smallest absolute Gasteiger partial charge is 0.239 e. The van der Waals surface area contributed by atoms with Crippen molar-refractivity contribution in [1.29, 1.82) is 0 Å². The summed E-state index contributed by atoms with van der Waals surface area (Å²) in [6.07, 6.45) is 5.68. The van der Waals surface area contributed by atoms with Crippen molar-refractivity contribution in [2.45, 2.75) is 32.2 Å². The van der Waals surface area contributed by atoms with Crippen molar-refractivity contribution in [1.82, 2.24) is 20.2 Å². The molecular formula is C30H39N7O2. The molecule has 1 amide bonds. The number of carbonyl (C=O) groups excluding carboxylic acids is 1. The number of fused-ring (bicyclic) bond motifs is 1. The van der Waals surface area contributed by atoms with Gasteiger partial charge < -0.3 is 30.5 Å². The first-order chi connectivity index (χ1) is 18.9. The highest BCUT2D eigenvalue weighted by Gasteiger charge is 2.39. The number of anilines is 2. The van der Waals surface area contributed by atoms with Gasteiger partial charge in [-0.2, -0.15) is 0 Å². The summed E-state index contributed by atoms with van der Waals surface area (Å²) in [5, 5.41) is 4.79. The molecule has 1 spiro atoms. The van der Waals surface area contributed by atoms with Crippen LogP contribution in [0.25, 0.3) is 22.2 Å². The molecule has 3 aliphatic heterocycles. The maximum atomic E-state index is 12.2. The van der Waals surface area contributed by atoms with Gasteiger partial charge in [0, 0.05) is 80.1 Å². The van der Waals surface area contributed by atoms with Crippen LogP contribution in [0, 0.1) is 5.41 Å². The quantitative estimate of drug-likeness (QED) is 0.521. The van der Waals surface area contributed by atoms with Gasteiger partial charge in [-0.05, 0) is 63.1 Å². The summed E-state index contributed by atoms with van der Waals surface area (Å²) in [6.45, 7) is 8.91. The molecule has 2 aromatic heterocycles. The molecule has 3 N–H and O–H groups in total. The number of nitrogens with zero attached hydrogens (tertiary/aromatic N) is 5. The number of piperidine rings is 1. The van der Waals surface area contributed by atoms with E-state index in [1.54, 1.807) is 14.0 Å². The van der Waals surface area contributed by atoms with Gasteiger partial charge in [0.05, 0.1) is 24.4 Å². The van der Waals surface area contributed by atoms with Gasteiger partial charge in [-0.25, -0.2) is 9.97 Å². The molecule has 2 unspecified atom stereocenters. The van der Waals surface area contributed by atoms with Crippen molar-refractivity contribution < 1.29 is 9.53 Å². The second-order valence-corrected chi connectivity index (χ2v) is 11.4. The number of carbonyl (C=O) groups is 1. The van der Waals surface area contributed by atoms with Crippen molar-refractivity contribution >= 4 is 28.3 Å². The van der Waals surface area contributed by atoms with Crippen LogP contribution in [0.3, 0.4) is 0 Å². The zero-order valence-electron chi connectivity index (χ0n) is 23.0. The molecule has 0 saturated carbocycles. The van der Waals surface area contributed by atoms with Crippen molar-refractivity contribution in [3.63, 3.8) is 0 Å². The Morgan fingerprint density at radius 3 is 2.62 bits per heavy atom. The molecule has 0 bridgehead atoms. The van der Waals surface area contributed by atoms with Gasteiger partial charge in [0.15, 0.2) is 0 Å². The average Bonchev–Trinajstić information content (AvgIpc) is 3.38. The topological polar surface area (TPSA) is 99.9 Å². The van der Waals surface area contributed by atoms with E-state index in [1.807, 2.05) is 23.2 Å². The Kier molecular flexibility index (Phi) is 7.03. The number of aromatic nitrogens is 2. The number of nitrogens with one attached hydrogen (secondary N) is 1. The van der Waals surface area contributed by atoms with Crippen LogP contribution < -0.4 is 25.6 Å². The van der Waals surface area contributed by atoms with Crippen molar-refractivity contribution in [2.24, 2.45) is 11.1 Å². The monoisotopic (exact) mass is 529 g/mol. The minimum Gasteiger partial charge on any atom is -0.497 e. The van der Waals surface area contributed by atoms with Gasteiger partial charge in [-0.1, -0.05) is 0 Å². The molecule has 9 heteroatoms. The molecule has 3 fully saturated rings. The Morgan fingerprint density at radius 2 is 1.92 bits per heavy atom. The number of nitrogens with two attached hydrogens (primary N) is 1. The maximum Gasteiger partial charge on any atom is 0.239 e. The molecule has 3 saturated heterocycles. The van der Waals surface area contributed by atoms with E-state index in [2.05, 4.69) is 39.4 Å². The molecule has 9 nitrogen and oxygen atoms in total. The van der Waals surface area contributed by atoms with Crippen LogP contribution in [-0.2, 0) is 4.79 Å². The minimum absolute atomic E-state index is 0.0106. The molecule has 39 heavy (non-hydrogen) atoms. The lowest BCUT2D eigenvalue weighted by atomic mass is 9.80. The first-order valence-electron chi connectivity index (χ1n) is 14.1. The van der Waals surface area contributed by atoms with Gasteiger partial charge in [-0.15, -0.1) is 0 Å². The van der Waals surface area contributed by atoms with Gasteiger partial charge >= 0.3 is 0 Å². The van der Waals surface area contributed by atoms with E-state index in [0.29, 0.717) is 18.5 Å². The molecule has 6 rings (SSSR count). The summed E-state index contributed by atoms with van der Waals surface area (Å²) in [4.78, 5) is 28.7. The first kappa shape index (κ1) is 25.8. The molecule has 5 heterocycles. The number of benzene rings is 1. The molecule has 3 aliphatic rings. The zero-order chi connectivity index (χ0) is 27.0. The van der Waals surface area contributed by atoms with Crippen LogP contribution in [0.5, 0.6) is 5.75 Å². The number of pyridine rings is 2. The van der Waals surface area contributed by atoms with E-state index in [1.165, 1.54) is 24.9 Å². The lowest BCUT2D eigenvalue weighted by molar-refractivity contribution is -0.132. The minimum atomic E-state index is -0.460. The summed E-state index contributed by atoms with van der Waals surface area (Å²) in [5.74, 6) is 1.74. The van der Waals surface area contributed by atoms with E-state index in [4.69, 9.17) is 20.4 Å². The molecule has 1 aromatic carbocycles. The molecule has 3 aromatic rings. The number of methoxy groups -OCH3 is 1. The number of rotatable bonds is 5. The zero-order valence-corrected chi connectivity index (χ0v) is 23.0. The third kappa shape index (κ3) is 5.13. The number of hydrogen-bond donors (Lipinski definition) is 2. The summed E-state index contributed by atoms with van der Waals surface area (Å²) in [7, 11) is 1.70. The molecule has 0 aliphatic carbocycles. The molecule has 2 atom stereocenters. The second kappa shape index (κ2) is 10.6. The highest BCUT2D eigenvalue weighted by Crippen LogP contribution is 2.41. The molecule has 206 valence electrons. The molecular weight excluding hydrogens is 490 g/mol. The van der Waals surface area contributed by atoms with Crippen LogP contribution in [0.1, 0.15) is 26.2 Å². The Hall–Kier alpha value is -3.43. The summed E-state index contributed by atoms with van der Waals surface area (Å²) in [5.41, 5.74) is 10.2. The summed E-state index contributed by atoms with van der Waals surface area (Å²) < 4.78 is 5.53. The SMILES string of the molecule is COc1ccc2c(N3CCC4(CCCNC4)C3)cc(-c3ccc(N4CCN(C(=O)C(C)N)CC4)nc3)nc2c1. The standard InChI is InChI=1S/C30H39N7O2/c1-21(31)29(38)36-14-12-35(13-15-36)28-7-4-22(18-33-28)25-17-27(24-6-5-23(39-2)16-26(24)34-25)37-11-9-30(20-37)8-3-10-32-19-30/h4-7,16-18,21,32H,3,8-15,19-20,31H2,1-2H3. The van der Waals surface area contributed by atoms with Crippen LogP contribution in [0.4, 0.5) is 11.5 Å². The van der Waals surface area contributed by atoms with Crippen molar-refractivity contribution in [3.8, 4) is 17.0 Å². The van der Waals surface area contributed by atoms with E-state index >= 15 is 0 Å². The van der Waals surface area contributed by atoms with Gasteiger partial charge in [-0.3, -0.25) is 4.79 Å². The van der Waals surface area contributed by atoms with E-state index in [0.717, 1.165) is 73.0 Å². The highest BCUT2D eigenvalue weighted by atomic mass is 16.5. The van der Waals surface area contributed by atoms with E-state index in [-0.39, 0.29) is 5.91 Å². The predicted octanol–water partition coefficient (Wildman–Crippen LogP) is 2.88. The van der Waals surface area contributed by atoms with E-state index < -0.39 is 6.04 Å². The van der Waals surface area contributed by atoms with Crippen molar-refractivity contribution in [3.05, 3.63) is 42.6 Å². The predicted molar refractivity (Wildman–Crippen MR) is 155 cm³/mol. The Balaban J connectivity index is 1.26. The average molecular weight is 530 g/mol. The number of piperazine rings is 1. The van der Waals surface area contributed by atoms with Gasteiger partial charge in [0.2, 0.25) is 5.91 Å². The second-order valence-electron chi connectivity index (χ2n) is 11.4. The fourth-order valence-electron chi connectivity index (χ4n) is 6.41. The Bertz CT molecular complexity index is 1330. The third-order valence-electron chi connectivity index (χ3n) is 8.68. The molecule has 0 radical (unpaired) electrons. The maximum absolute atomic E-state index is 12.2. The van der Waals surface area contributed by atoms with Crippen LogP contribution in [-0.4, -0.2) is 86.3 Å². The lowest BCUT2D eigenvalue weighted by Crippen LogP contribution is -2.52. The van der Waals surface area contributed by atoms with Crippen LogP contribution in [0.2, 0.25) is 0 Å². The third-order valence-corrected chi connectivity index (χ3v) is 8.68. The normalized spacial score (nSPS) is 22.5. The number of hydrogen-bond acceptors (Lipinski definition) is 8. The first-order valence-corrected chi connectivity index (χ1v) is 14.1. The van der Waals surface area contributed by atoms with Crippen LogP contribution in [0.15, 0.2) is 42.6 Å². The Morgan fingerprint density at radius 1 is 1.08 bits per heavy atom. The fraction of sp³-hybridized carbons (Fsp3) is 0.500. The highest BCUT2D eigenvalue weighted by molar-refractivity contribution is 5.95. The number of amides is 1. The summed E-state index contributed by atoms with van der Waals surface area (Å²) >= 11 is 0. The summed E-state index contributed by atoms with van der Waals surface area (Å²) in [6, 6.07) is 12.1. The Labute approximate surface area is 230 Å². The fourth-order valence-corrected chi connectivity index (χ4v) is 6.41. The lowest BCUT2D eigenvalue weighted by Gasteiger charge is -2.36.